The van der Waals surface area contributed by atoms with Gasteiger partial charge in [0.2, 0.25) is 0 Å². The normalized spacial score (nSPS) is 15.7. The molecule has 0 saturated carbocycles. The molecule has 0 fully saturated rings. The van der Waals surface area contributed by atoms with Crippen molar-refractivity contribution < 1.29 is 28.9 Å². The molecular formula is C28H31NO6. The van der Waals surface area contributed by atoms with E-state index in [-0.39, 0.29) is 5.57 Å². The minimum absolute atomic E-state index is 0.0295. The molecular weight excluding hydrogens is 446 g/mol. The number of benzene rings is 2. The molecule has 0 radical (unpaired) electrons. The summed E-state index contributed by atoms with van der Waals surface area (Å²) >= 11 is 0. The standard InChI is InChI=1S/C28H31NO6/c1-4-17-35-23-15-13-21(19-24(23)34-5-2)26-25(22(30)14-12-20-10-7-6-8-11-20)27(31)28(32)29(26)16-9-18-33-3/h4,6-8,10-15,19,26,31H,1,5,9,16-18H2,2-3H3/b14-12+. The summed E-state index contributed by atoms with van der Waals surface area (Å²) in [6.07, 6.45) is 5.22. The molecule has 2 aromatic carbocycles. The predicted octanol–water partition coefficient (Wildman–Crippen LogP) is 4.66. The molecule has 184 valence electrons. The van der Waals surface area contributed by atoms with Crippen LogP contribution in [0, 0.1) is 0 Å². The summed E-state index contributed by atoms with van der Waals surface area (Å²) in [6, 6.07) is 13.8. The quantitative estimate of drug-likeness (QED) is 0.257. The number of aliphatic hydroxyl groups excluding tert-OH is 1. The third-order valence-corrected chi connectivity index (χ3v) is 5.48. The molecule has 1 amide bonds. The van der Waals surface area contributed by atoms with Crippen LogP contribution >= 0.6 is 0 Å². The number of hydrogen-bond acceptors (Lipinski definition) is 6. The number of hydrogen-bond donors (Lipinski definition) is 1. The van der Waals surface area contributed by atoms with E-state index < -0.39 is 23.5 Å². The maximum absolute atomic E-state index is 13.3. The molecule has 1 atom stereocenters. The Labute approximate surface area is 205 Å². The highest BCUT2D eigenvalue weighted by Crippen LogP contribution is 2.41. The SMILES string of the molecule is C=CCOc1ccc(C2C(C(=O)/C=C/c3ccccc3)=C(O)C(=O)N2CCCOC)cc1OCC. The molecule has 1 heterocycles. The zero-order chi connectivity index (χ0) is 25.2. The number of nitrogens with zero attached hydrogens (tertiary/aromatic N) is 1. The van der Waals surface area contributed by atoms with E-state index in [9.17, 15) is 14.7 Å². The van der Waals surface area contributed by atoms with Crippen LogP contribution in [0.2, 0.25) is 0 Å². The van der Waals surface area contributed by atoms with Gasteiger partial charge in [-0.1, -0.05) is 55.1 Å². The molecule has 0 bridgehead atoms. The predicted molar refractivity (Wildman–Crippen MR) is 134 cm³/mol. The van der Waals surface area contributed by atoms with Crippen LogP contribution < -0.4 is 9.47 Å². The topological polar surface area (TPSA) is 85.3 Å². The molecule has 7 heteroatoms. The summed E-state index contributed by atoms with van der Waals surface area (Å²) in [6.45, 7) is 6.97. The third-order valence-electron chi connectivity index (χ3n) is 5.48. The molecule has 0 spiro atoms. The molecule has 3 rings (SSSR count). The number of ether oxygens (including phenoxy) is 3. The molecule has 1 aliphatic rings. The number of allylic oxidation sites excluding steroid dienone is 1. The second-order valence-electron chi connectivity index (χ2n) is 7.86. The largest absolute Gasteiger partial charge is 0.503 e. The highest BCUT2D eigenvalue weighted by Gasteiger charge is 2.42. The minimum atomic E-state index is -0.778. The van der Waals surface area contributed by atoms with E-state index in [1.165, 1.54) is 11.0 Å². The van der Waals surface area contributed by atoms with Crippen LogP contribution in [0.1, 0.15) is 30.5 Å². The third kappa shape index (κ3) is 6.19. The van der Waals surface area contributed by atoms with Gasteiger partial charge in [0.1, 0.15) is 6.61 Å². The molecule has 1 aliphatic heterocycles. The summed E-state index contributed by atoms with van der Waals surface area (Å²) in [4.78, 5) is 27.8. The van der Waals surface area contributed by atoms with E-state index in [2.05, 4.69) is 6.58 Å². The van der Waals surface area contributed by atoms with Crippen LogP contribution in [0.3, 0.4) is 0 Å². The van der Waals surface area contributed by atoms with Crippen molar-refractivity contribution in [1.82, 2.24) is 4.90 Å². The molecule has 0 saturated heterocycles. The van der Waals surface area contributed by atoms with Crippen LogP contribution in [0.4, 0.5) is 0 Å². The van der Waals surface area contributed by atoms with Crippen LogP contribution in [0.15, 0.2) is 78.6 Å². The van der Waals surface area contributed by atoms with Gasteiger partial charge in [-0.3, -0.25) is 9.59 Å². The van der Waals surface area contributed by atoms with Gasteiger partial charge in [0.25, 0.3) is 5.91 Å². The number of ketones is 1. The average molecular weight is 478 g/mol. The van der Waals surface area contributed by atoms with Crippen LogP contribution in [-0.2, 0) is 14.3 Å². The summed E-state index contributed by atoms with van der Waals surface area (Å²) in [5.74, 6) is -0.568. The number of aliphatic hydroxyl groups is 1. The number of amides is 1. The van der Waals surface area contributed by atoms with E-state index in [4.69, 9.17) is 14.2 Å². The first-order valence-corrected chi connectivity index (χ1v) is 11.5. The van der Waals surface area contributed by atoms with Gasteiger partial charge in [-0.05, 0) is 42.7 Å². The van der Waals surface area contributed by atoms with Gasteiger partial charge >= 0.3 is 0 Å². The Hall–Kier alpha value is -3.84. The summed E-state index contributed by atoms with van der Waals surface area (Å²) < 4.78 is 16.6. The smallest absolute Gasteiger partial charge is 0.290 e. The fourth-order valence-electron chi connectivity index (χ4n) is 3.92. The molecule has 1 unspecified atom stereocenters. The van der Waals surface area contributed by atoms with Crippen molar-refractivity contribution in [2.45, 2.75) is 19.4 Å². The second kappa shape index (κ2) is 12.6. The van der Waals surface area contributed by atoms with Gasteiger partial charge in [0.05, 0.1) is 18.2 Å². The van der Waals surface area contributed by atoms with Gasteiger partial charge in [-0.2, -0.15) is 0 Å². The van der Waals surface area contributed by atoms with Crippen molar-refractivity contribution in [3.05, 3.63) is 89.7 Å². The summed E-state index contributed by atoms with van der Waals surface area (Å²) in [5.41, 5.74) is 1.49. The first kappa shape index (κ1) is 25.8. The Bertz CT molecular complexity index is 1110. The highest BCUT2D eigenvalue weighted by atomic mass is 16.5. The van der Waals surface area contributed by atoms with Gasteiger partial charge in [-0.15, -0.1) is 0 Å². The van der Waals surface area contributed by atoms with Crippen molar-refractivity contribution in [2.75, 3.05) is 33.5 Å². The first-order chi connectivity index (χ1) is 17.0. The maximum atomic E-state index is 13.3. The second-order valence-corrected chi connectivity index (χ2v) is 7.86. The molecule has 2 aromatic rings. The highest BCUT2D eigenvalue weighted by molar-refractivity contribution is 6.14. The van der Waals surface area contributed by atoms with E-state index in [0.717, 1.165) is 5.56 Å². The fraction of sp³-hybridized carbons (Fsp3) is 0.286. The van der Waals surface area contributed by atoms with Crippen LogP contribution in [0.5, 0.6) is 11.5 Å². The molecule has 1 N–H and O–H groups in total. The number of carbonyl (C=O) groups is 2. The van der Waals surface area contributed by atoms with Crippen molar-refractivity contribution in [3.63, 3.8) is 0 Å². The zero-order valence-electron chi connectivity index (χ0n) is 20.1. The molecule has 7 nitrogen and oxygen atoms in total. The van der Waals surface area contributed by atoms with Gasteiger partial charge < -0.3 is 24.2 Å². The average Bonchev–Trinajstić information content (AvgIpc) is 3.12. The van der Waals surface area contributed by atoms with Crippen molar-refractivity contribution >= 4 is 17.8 Å². The summed E-state index contributed by atoms with van der Waals surface area (Å²) in [7, 11) is 1.58. The fourth-order valence-corrected chi connectivity index (χ4v) is 3.92. The lowest BCUT2D eigenvalue weighted by Crippen LogP contribution is -2.32. The van der Waals surface area contributed by atoms with Gasteiger partial charge in [0.15, 0.2) is 23.0 Å². The minimum Gasteiger partial charge on any atom is -0.503 e. The number of methoxy groups -OCH3 is 1. The lowest BCUT2D eigenvalue weighted by molar-refractivity contribution is -0.129. The number of carbonyl (C=O) groups excluding carboxylic acids is 2. The Morgan fingerprint density at radius 2 is 1.91 bits per heavy atom. The molecule has 35 heavy (non-hydrogen) atoms. The lowest BCUT2D eigenvalue weighted by Gasteiger charge is -2.27. The lowest BCUT2D eigenvalue weighted by atomic mass is 9.95. The summed E-state index contributed by atoms with van der Waals surface area (Å²) in [5, 5.41) is 10.8. The van der Waals surface area contributed by atoms with Crippen molar-refractivity contribution in [2.24, 2.45) is 0 Å². The monoisotopic (exact) mass is 477 g/mol. The Morgan fingerprint density at radius 3 is 2.60 bits per heavy atom. The Morgan fingerprint density at radius 1 is 1.14 bits per heavy atom. The Kier molecular flexibility index (Phi) is 9.26. The van der Waals surface area contributed by atoms with Crippen molar-refractivity contribution in [1.29, 1.82) is 0 Å². The van der Waals surface area contributed by atoms with E-state index in [1.807, 2.05) is 37.3 Å². The molecule has 0 aliphatic carbocycles. The van der Waals surface area contributed by atoms with Crippen molar-refractivity contribution in [3.8, 4) is 11.5 Å². The maximum Gasteiger partial charge on any atom is 0.290 e. The number of rotatable bonds is 13. The van der Waals surface area contributed by atoms with E-state index in [1.54, 1.807) is 37.5 Å². The zero-order valence-corrected chi connectivity index (χ0v) is 20.1. The van der Waals surface area contributed by atoms with Gasteiger partial charge in [-0.25, -0.2) is 0 Å². The first-order valence-electron chi connectivity index (χ1n) is 11.5. The van der Waals surface area contributed by atoms with Crippen LogP contribution in [-0.4, -0.2) is 55.2 Å². The Balaban J connectivity index is 2.01. The molecule has 0 aromatic heterocycles. The van der Waals surface area contributed by atoms with E-state index in [0.29, 0.717) is 49.8 Å². The van der Waals surface area contributed by atoms with Crippen LogP contribution in [0.25, 0.3) is 6.08 Å². The van der Waals surface area contributed by atoms with Gasteiger partial charge in [0, 0.05) is 20.3 Å². The van der Waals surface area contributed by atoms with E-state index >= 15 is 0 Å².